The van der Waals surface area contributed by atoms with Gasteiger partial charge in [-0.25, -0.2) is 4.68 Å². The first-order valence-electron chi connectivity index (χ1n) is 10.8. The highest BCUT2D eigenvalue weighted by atomic mass is 16.5. The monoisotopic (exact) mass is 441 g/mol. The lowest BCUT2D eigenvalue weighted by molar-refractivity contribution is -0.117. The zero-order valence-corrected chi connectivity index (χ0v) is 18.3. The van der Waals surface area contributed by atoms with E-state index in [0.29, 0.717) is 22.4 Å². The lowest BCUT2D eigenvalue weighted by Crippen LogP contribution is -2.15. The molecule has 1 aliphatic carbocycles. The van der Waals surface area contributed by atoms with Gasteiger partial charge in [0.2, 0.25) is 17.7 Å². The van der Waals surface area contributed by atoms with Gasteiger partial charge in [0.25, 0.3) is 0 Å². The Bertz CT molecular complexity index is 1370. The Balaban J connectivity index is 1.71. The molecule has 5 rings (SSSR count). The van der Waals surface area contributed by atoms with Gasteiger partial charge in [-0.1, -0.05) is 41.6 Å². The molecule has 4 aromatic rings. The normalized spacial score (nSPS) is 13.2. The summed E-state index contributed by atoms with van der Waals surface area (Å²) in [5.74, 6) is -0.529. The van der Waals surface area contributed by atoms with Crippen molar-refractivity contribution < 1.29 is 14.1 Å². The zero-order valence-electron chi connectivity index (χ0n) is 18.3. The van der Waals surface area contributed by atoms with Gasteiger partial charge in [0, 0.05) is 22.6 Å². The Hall–Kier alpha value is -4.20. The molecule has 2 amide bonds. The third kappa shape index (κ3) is 3.69. The van der Waals surface area contributed by atoms with E-state index >= 15 is 0 Å². The Morgan fingerprint density at radius 1 is 1.03 bits per heavy atom. The van der Waals surface area contributed by atoms with Crippen LogP contribution in [0, 0.1) is 19.8 Å². The fourth-order valence-electron chi connectivity index (χ4n) is 4.08. The number of para-hydroxylation sites is 1. The average molecular weight is 441 g/mol. The van der Waals surface area contributed by atoms with Crippen molar-refractivity contribution in [1.29, 1.82) is 0 Å². The van der Waals surface area contributed by atoms with Crippen LogP contribution in [0.1, 0.15) is 34.6 Å². The summed E-state index contributed by atoms with van der Waals surface area (Å²) >= 11 is 0. The number of nitrogens with two attached hydrogens (primary N) is 1. The molecule has 1 fully saturated rings. The molecule has 0 unspecified atom stereocenters. The maximum atomic E-state index is 12.5. The second kappa shape index (κ2) is 8.05. The van der Waals surface area contributed by atoms with E-state index in [-0.39, 0.29) is 17.7 Å². The van der Waals surface area contributed by atoms with Crippen molar-refractivity contribution >= 4 is 17.7 Å². The number of nitrogens with one attached hydrogen (secondary N) is 1. The first-order valence-corrected chi connectivity index (χ1v) is 10.8. The van der Waals surface area contributed by atoms with Crippen LogP contribution in [-0.4, -0.2) is 26.8 Å². The van der Waals surface area contributed by atoms with Gasteiger partial charge in [-0.3, -0.25) is 14.9 Å². The summed E-state index contributed by atoms with van der Waals surface area (Å²) in [6.07, 6.45) is 1.70. The summed E-state index contributed by atoms with van der Waals surface area (Å²) in [6, 6.07) is 16.7. The molecule has 8 nitrogen and oxygen atoms in total. The standard InChI is InChI=1S/C25H23N5O3/c1-14-20(15(2)30(28-14)17-8-4-3-5-9-17)22-21(18-10-6-7-11-19(18)23(26)31)25(33-29-22)27-24(32)16-12-13-16/h3-11,16H,12-13H2,1-2H3,(H2,26,31)(H,27,32). The minimum atomic E-state index is -0.578. The van der Waals surface area contributed by atoms with E-state index in [1.807, 2.05) is 48.9 Å². The molecule has 33 heavy (non-hydrogen) atoms. The zero-order chi connectivity index (χ0) is 23.1. The highest BCUT2D eigenvalue weighted by molar-refractivity contribution is 6.06. The van der Waals surface area contributed by atoms with E-state index in [1.165, 1.54) is 0 Å². The Morgan fingerprint density at radius 2 is 1.73 bits per heavy atom. The highest BCUT2D eigenvalue weighted by Gasteiger charge is 2.33. The number of amides is 2. The van der Waals surface area contributed by atoms with E-state index in [9.17, 15) is 9.59 Å². The minimum Gasteiger partial charge on any atom is -0.366 e. The first-order chi connectivity index (χ1) is 16.0. The van der Waals surface area contributed by atoms with E-state index < -0.39 is 5.91 Å². The number of carbonyl (C=O) groups excluding carboxylic acids is 2. The second-order valence-corrected chi connectivity index (χ2v) is 8.20. The number of aromatic nitrogens is 3. The number of primary amides is 1. The first kappa shape index (κ1) is 20.7. The third-order valence-corrected chi connectivity index (χ3v) is 5.87. The van der Waals surface area contributed by atoms with Gasteiger partial charge in [0.15, 0.2) is 0 Å². The largest absolute Gasteiger partial charge is 0.366 e. The van der Waals surface area contributed by atoms with Crippen molar-refractivity contribution in [1.82, 2.24) is 14.9 Å². The Kier molecular flexibility index (Phi) is 5.05. The summed E-state index contributed by atoms with van der Waals surface area (Å²) in [5.41, 5.74) is 10.8. The number of aryl methyl sites for hydroxylation is 1. The molecule has 0 saturated heterocycles. The molecular formula is C25H23N5O3. The number of carbonyl (C=O) groups is 2. The van der Waals surface area contributed by atoms with Crippen LogP contribution in [0.25, 0.3) is 28.1 Å². The number of benzene rings is 2. The van der Waals surface area contributed by atoms with Crippen LogP contribution < -0.4 is 11.1 Å². The maximum Gasteiger partial charge on any atom is 0.249 e. The van der Waals surface area contributed by atoms with E-state index in [4.69, 9.17) is 15.4 Å². The van der Waals surface area contributed by atoms with Crippen molar-refractivity contribution in [3.63, 3.8) is 0 Å². The molecule has 0 atom stereocenters. The molecule has 2 aromatic carbocycles. The van der Waals surface area contributed by atoms with Gasteiger partial charge in [-0.05, 0) is 44.9 Å². The van der Waals surface area contributed by atoms with Crippen LogP contribution >= 0.6 is 0 Å². The van der Waals surface area contributed by atoms with Gasteiger partial charge in [-0.2, -0.15) is 5.10 Å². The third-order valence-electron chi connectivity index (χ3n) is 5.87. The minimum absolute atomic E-state index is 0.0258. The van der Waals surface area contributed by atoms with Crippen molar-refractivity contribution in [3.05, 3.63) is 71.5 Å². The predicted octanol–water partition coefficient (Wildman–Crippen LogP) is 4.26. The summed E-state index contributed by atoms with van der Waals surface area (Å²) < 4.78 is 7.48. The SMILES string of the molecule is Cc1nn(-c2ccccc2)c(C)c1-c1noc(NC(=O)C2CC2)c1-c1ccccc1C(N)=O. The average Bonchev–Trinajstić information content (AvgIpc) is 3.54. The highest BCUT2D eigenvalue weighted by Crippen LogP contribution is 2.42. The van der Waals surface area contributed by atoms with Crippen LogP contribution in [-0.2, 0) is 4.79 Å². The Labute approximate surface area is 190 Å². The van der Waals surface area contributed by atoms with Crippen LogP contribution in [0.5, 0.6) is 0 Å². The molecule has 0 spiro atoms. The molecule has 2 aromatic heterocycles. The molecule has 1 saturated carbocycles. The van der Waals surface area contributed by atoms with Crippen molar-refractivity contribution in [2.24, 2.45) is 11.7 Å². The van der Waals surface area contributed by atoms with Crippen LogP contribution in [0.2, 0.25) is 0 Å². The Morgan fingerprint density at radius 3 is 2.42 bits per heavy atom. The molecule has 0 bridgehead atoms. The quantitative estimate of drug-likeness (QED) is 0.464. The summed E-state index contributed by atoms with van der Waals surface area (Å²) in [4.78, 5) is 24.7. The lowest BCUT2D eigenvalue weighted by atomic mass is 9.95. The number of hydrogen-bond donors (Lipinski definition) is 2. The van der Waals surface area contributed by atoms with Gasteiger partial charge in [-0.15, -0.1) is 0 Å². The number of nitrogens with zero attached hydrogens (tertiary/aromatic N) is 3. The number of anilines is 1. The summed E-state index contributed by atoms with van der Waals surface area (Å²) in [5, 5.41) is 11.9. The molecule has 0 aliphatic heterocycles. The molecule has 166 valence electrons. The number of hydrogen-bond acceptors (Lipinski definition) is 5. The summed E-state index contributed by atoms with van der Waals surface area (Å²) in [7, 11) is 0. The lowest BCUT2D eigenvalue weighted by Gasteiger charge is -2.10. The fourth-order valence-corrected chi connectivity index (χ4v) is 4.08. The van der Waals surface area contributed by atoms with Gasteiger partial charge < -0.3 is 10.3 Å². The van der Waals surface area contributed by atoms with Crippen LogP contribution in [0.4, 0.5) is 5.88 Å². The fraction of sp³-hybridized carbons (Fsp3) is 0.200. The van der Waals surface area contributed by atoms with Gasteiger partial charge >= 0.3 is 0 Å². The maximum absolute atomic E-state index is 12.5. The van der Waals surface area contributed by atoms with E-state index in [2.05, 4.69) is 10.5 Å². The molecule has 0 radical (unpaired) electrons. The molecule has 3 N–H and O–H groups in total. The summed E-state index contributed by atoms with van der Waals surface area (Å²) in [6.45, 7) is 3.84. The second-order valence-electron chi connectivity index (χ2n) is 8.20. The smallest absolute Gasteiger partial charge is 0.249 e. The van der Waals surface area contributed by atoms with E-state index in [1.54, 1.807) is 24.3 Å². The van der Waals surface area contributed by atoms with Gasteiger partial charge in [0.05, 0.1) is 22.6 Å². The number of rotatable bonds is 6. The topological polar surface area (TPSA) is 116 Å². The van der Waals surface area contributed by atoms with Gasteiger partial charge in [0.1, 0.15) is 5.69 Å². The van der Waals surface area contributed by atoms with Crippen LogP contribution in [0.15, 0.2) is 59.1 Å². The predicted molar refractivity (Wildman–Crippen MR) is 124 cm³/mol. The molecule has 8 heteroatoms. The van der Waals surface area contributed by atoms with Crippen LogP contribution in [0.3, 0.4) is 0 Å². The van der Waals surface area contributed by atoms with Crippen molar-refractivity contribution in [3.8, 4) is 28.1 Å². The molecule has 2 heterocycles. The van der Waals surface area contributed by atoms with Crippen molar-refractivity contribution in [2.75, 3.05) is 5.32 Å². The van der Waals surface area contributed by atoms with Crippen molar-refractivity contribution in [2.45, 2.75) is 26.7 Å². The van der Waals surface area contributed by atoms with E-state index in [0.717, 1.165) is 35.5 Å². The molecule has 1 aliphatic rings. The molecular weight excluding hydrogens is 418 g/mol.